The summed E-state index contributed by atoms with van der Waals surface area (Å²) in [5.41, 5.74) is -0.131. The summed E-state index contributed by atoms with van der Waals surface area (Å²) in [5.74, 6) is 0.413. The number of carbonyl (C=O) groups is 1. The number of nitrogens with one attached hydrogen (secondary N) is 1. The van der Waals surface area contributed by atoms with Crippen molar-refractivity contribution in [2.24, 2.45) is 0 Å². The average molecular weight is 263 g/mol. The van der Waals surface area contributed by atoms with Gasteiger partial charge in [-0.15, -0.1) is 0 Å². The topological polar surface area (TPSA) is 35.6 Å². The minimum atomic E-state index is -0.131. The lowest BCUT2D eigenvalue weighted by molar-refractivity contribution is -0.134. The molecule has 3 saturated heterocycles. The fraction of sp³-hybridized carbons (Fsp3) is 0.933. The van der Waals surface area contributed by atoms with Crippen LogP contribution in [0.3, 0.4) is 0 Å². The molecule has 4 heteroatoms. The first-order valence-corrected chi connectivity index (χ1v) is 8.08. The maximum atomic E-state index is 12.7. The monoisotopic (exact) mass is 263 g/mol. The molecule has 3 unspecified atom stereocenters. The molecule has 1 amide bonds. The van der Waals surface area contributed by atoms with Crippen LogP contribution >= 0.6 is 0 Å². The minimum absolute atomic E-state index is 0.131. The van der Waals surface area contributed by atoms with Gasteiger partial charge < -0.3 is 9.80 Å². The molecule has 3 aliphatic heterocycles. The zero-order valence-corrected chi connectivity index (χ0v) is 11.9. The van der Waals surface area contributed by atoms with Gasteiger partial charge in [0.25, 0.3) is 0 Å². The predicted octanol–water partition coefficient (Wildman–Crippen LogP) is 1.31. The third-order valence-electron chi connectivity index (χ3n) is 5.75. The van der Waals surface area contributed by atoms with Crippen LogP contribution in [0.25, 0.3) is 0 Å². The lowest BCUT2D eigenvalue weighted by Gasteiger charge is -2.41. The van der Waals surface area contributed by atoms with Gasteiger partial charge in [0.15, 0.2) is 0 Å². The van der Waals surface area contributed by atoms with E-state index in [-0.39, 0.29) is 5.54 Å². The van der Waals surface area contributed by atoms with E-state index >= 15 is 0 Å². The van der Waals surface area contributed by atoms with Gasteiger partial charge in [-0.25, -0.2) is 0 Å². The molecule has 3 atom stereocenters. The molecule has 1 aliphatic carbocycles. The van der Waals surface area contributed by atoms with Crippen LogP contribution in [0.2, 0.25) is 0 Å². The molecule has 4 nitrogen and oxygen atoms in total. The molecular formula is C15H25N3O. The van der Waals surface area contributed by atoms with Crippen molar-refractivity contribution in [2.75, 3.05) is 13.1 Å². The number of carbonyl (C=O) groups excluding carboxylic acids is 1. The first-order valence-electron chi connectivity index (χ1n) is 8.08. The summed E-state index contributed by atoms with van der Waals surface area (Å²) in [4.78, 5) is 17.6. The zero-order chi connectivity index (χ0) is 13.0. The normalized spacial score (nSPS) is 41.0. The highest BCUT2D eigenvalue weighted by atomic mass is 16.2. The van der Waals surface area contributed by atoms with Gasteiger partial charge in [0.1, 0.15) is 0 Å². The van der Waals surface area contributed by atoms with Crippen LogP contribution in [-0.2, 0) is 4.79 Å². The van der Waals surface area contributed by atoms with Gasteiger partial charge in [0, 0.05) is 18.6 Å². The van der Waals surface area contributed by atoms with Gasteiger partial charge >= 0.3 is 0 Å². The molecule has 0 bridgehead atoms. The second-order valence-corrected chi connectivity index (χ2v) is 6.87. The summed E-state index contributed by atoms with van der Waals surface area (Å²) < 4.78 is 0. The Morgan fingerprint density at radius 2 is 2.11 bits per heavy atom. The Morgan fingerprint density at radius 3 is 2.84 bits per heavy atom. The molecular weight excluding hydrogens is 238 g/mol. The van der Waals surface area contributed by atoms with Crippen molar-refractivity contribution in [3.05, 3.63) is 0 Å². The maximum Gasteiger partial charge on any atom is 0.244 e. The van der Waals surface area contributed by atoms with Crippen molar-refractivity contribution in [3.8, 4) is 0 Å². The molecule has 4 fully saturated rings. The number of rotatable bonds is 2. The van der Waals surface area contributed by atoms with Crippen LogP contribution in [0.5, 0.6) is 0 Å². The summed E-state index contributed by atoms with van der Waals surface area (Å²) in [6, 6.07) is 1.24. The third-order valence-corrected chi connectivity index (χ3v) is 5.75. The van der Waals surface area contributed by atoms with Gasteiger partial charge in [0.2, 0.25) is 5.91 Å². The molecule has 4 rings (SSSR count). The third kappa shape index (κ3) is 1.76. The van der Waals surface area contributed by atoms with Crippen molar-refractivity contribution < 1.29 is 4.79 Å². The van der Waals surface area contributed by atoms with Gasteiger partial charge in [-0.1, -0.05) is 6.92 Å². The highest BCUT2D eigenvalue weighted by Gasteiger charge is 2.60. The van der Waals surface area contributed by atoms with Crippen molar-refractivity contribution in [3.63, 3.8) is 0 Å². The van der Waals surface area contributed by atoms with Gasteiger partial charge in [-0.2, -0.15) is 0 Å². The molecule has 1 spiro atoms. The Morgan fingerprint density at radius 1 is 1.26 bits per heavy atom. The van der Waals surface area contributed by atoms with Crippen molar-refractivity contribution in [2.45, 2.75) is 75.7 Å². The zero-order valence-electron chi connectivity index (χ0n) is 11.9. The maximum absolute atomic E-state index is 12.7. The smallest absolute Gasteiger partial charge is 0.244 e. The number of piperidine rings is 1. The summed E-state index contributed by atoms with van der Waals surface area (Å²) >= 11 is 0. The van der Waals surface area contributed by atoms with E-state index < -0.39 is 0 Å². The molecule has 1 N–H and O–H groups in total. The summed E-state index contributed by atoms with van der Waals surface area (Å²) in [6.07, 6.45) is 8.53. The number of fused-ring (bicyclic) bond motifs is 1. The van der Waals surface area contributed by atoms with Crippen molar-refractivity contribution in [1.29, 1.82) is 0 Å². The van der Waals surface area contributed by atoms with Gasteiger partial charge in [0.05, 0.1) is 11.7 Å². The first-order chi connectivity index (χ1) is 9.23. The lowest BCUT2D eigenvalue weighted by atomic mass is 9.95. The molecule has 0 radical (unpaired) electrons. The number of hydrogen-bond acceptors (Lipinski definition) is 3. The lowest BCUT2D eigenvalue weighted by Crippen LogP contribution is -2.51. The predicted molar refractivity (Wildman–Crippen MR) is 73.6 cm³/mol. The van der Waals surface area contributed by atoms with Gasteiger partial charge in [-0.3, -0.25) is 10.1 Å². The standard InChI is InChI=1S/C15H25N3O/c1-2-13-16-15(6-7-15)14(19)18(13)12-5-9-17-8-3-4-11(17)10-12/h11-13,16H,2-10H2,1H3. The van der Waals surface area contributed by atoms with Crippen LogP contribution in [0.4, 0.5) is 0 Å². The second-order valence-electron chi connectivity index (χ2n) is 6.87. The Hall–Kier alpha value is -0.610. The minimum Gasteiger partial charge on any atom is -0.322 e. The van der Waals surface area contributed by atoms with E-state index in [1.807, 2.05) is 0 Å². The van der Waals surface area contributed by atoms with E-state index in [9.17, 15) is 4.79 Å². The highest BCUT2D eigenvalue weighted by Crippen LogP contribution is 2.44. The van der Waals surface area contributed by atoms with Crippen LogP contribution in [-0.4, -0.2) is 52.6 Å². The van der Waals surface area contributed by atoms with Crippen LogP contribution in [0.15, 0.2) is 0 Å². The Kier molecular flexibility index (Phi) is 2.68. The second kappa shape index (κ2) is 4.19. The van der Waals surface area contributed by atoms with E-state index in [0.717, 1.165) is 25.3 Å². The highest BCUT2D eigenvalue weighted by molar-refractivity contribution is 5.92. The first kappa shape index (κ1) is 12.2. The summed E-state index contributed by atoms with van der Waals surface area (Å²) in [6.45, 7) is 4.68. The number of nitrogens with zero attached hydrogens (tertiary/aromatic N) is 2. The molecule has 19 heavy (non-hydrogen) atoms. The van der Waals surface area contributed by atoms with Crippen molar-refractivity contribution in [1.82, 2.24) is 15.1 Å². The summed E-state index contributed by atoms with van der Waals surface area (Å²) in [7, 11) is 0. The average Bonchev–Trinajstić information content (AvgIpc) is 2.95. The van der Waals surface area contributed by atoms with Crippen LogP contribution < -0.4 is 5.32 Å². The fourth-order valence-electron chi connectivity index (χ4n) is 4.50. The molecule has 0 aromatic carbocycles. The molecule has 0 aromatic rings. The van der Waals surface area contributed by atoms with E-state index in [4.69, 9.17) is 0 Å². The Bertz CT molecular complexity index is 393. The fourth-order valence-corrected chi connectivity index (χ4v) is 4.50. The van der Waals surface area contributed by atoms with Crippen molar-refractivity contribution >= 4 is 5.91 Å². The summed E-state index contributed by atoms with van der Waals surface area (Å²) in [5, 5.41) is 3.61. The van der Waals surface area contributed by atoms with E-state index in [0.29, 0.717) is 18.1 Å². The molecule has 3 heterocycles. The number of amides is 1. The largest absolute Gasteiger partial charge is 0.322 e. The van der Waals surface area contributed by atoms with E-state index in [1.54, 1.807) is 0 Å². The molecule has 0 aromatic heterocycles. The van der Waals surface area contributed by atoms with E-state index in [1.165, 1.54) is 38.8 Å². The van der Waals surface area contributed by atoms with Gasteiger partial charge in [-0.05, 0) is 51.5 Å². The Labute approximate surface area is 115 Å². The molecule has 4 aliphatic rings. The van der Waals surface area contributed by atoms with Crippen LogP contribution in [0, 0.1) is 0 Å². The quantitative estimate of drug-likeness (QED) is 0.816. The molecule has 106 valence electrons. The number of hydrogen-bond donors (Lipinski definition) is 1. The van der Waals surface area contributed by atoms with E-state index in [2.05, 4.69) is 22.0 Å². The SMILES string of the molecule is CCC1NC2(CC2)C(=O)N1C1CCN2CCCC2C1. The van der Waals surface area contributed by atoms with Crippen LogP contribution in [0.1, 0.15) is 51.9 Å². The molecule has 1 saturated carbocycles. The Balaban J connectivity index is 1.52.